The number of benzene rings is 3. The standard InChI is InChI=1S/C20H15NO3S/c22-20(25-14-8-2-1-3-9-14)21(23)19-15-10-4-6-12-17(15)24-18-13-7-5-11-16(18)19/h1-13,19,23H. The molecule has 0 aliphatic carbocycles. The van der Waals surface area contributed by atoms with E-state index in [2.05, 4.69) is 0 Å². The minimum absolute atomic E-state index is 0.442. The first-order valence-electron chi connectivity index (χ1n) is 7.85. The van der Waals surface area contributed by atoms with Crippen LogP contribution in [-0.2, 0) is 0 Å². The fourth-order valence-electron chi connectivity index (χ4n) is 2.89. The minimum Gasteiger partial charge on any atom is -0.457 e. The summed E-state index contributed by atoms with van der Waals surface area (Å²) in [6.45, 7) is 0. The van der Waals surface area contributed by atoms with Crippen LogP contribution < -0.4 is 4.74 Å². The van der Waals surface area contributed by atoms with Crippen molar-refractivity contribution in [2.24, 2.45) is 0 Å². The maximum atomic E-state index is 12.6. The molecule has 0 saturated carbocycles. The van der Waals surface area contributed by atoms with Crippen LogP contribution in [0.1, 0.15) is 17.2 Å². The number of hydrogen-bond donors (Lipinski definition) is 1. The Labute approximate surface area is 149 Å². The summed E-state index contributed by atoms with van der Waals surface area (Å²) < 4.78 is 5.90. The van der Waals surface area contributed by atoms with Crippen LogP contribution in [0.5, 0.6) is 11.5 Å². The maximum Gasteiger partial charge on any atom is 0.310 e. The first-order valence-corrected chi connectivity index (χ1v) is 8.66. The van der Waals surface area contributed by atoms with Gasteiger partial charge in [-0.05, 0) is 36.0 Å². The number of para-hydroxylation sites is 2. The summed E-state index contributed by atoms with van der Waals surface area (Å²) in [6.07, 6.45) is 0. The van der Waals surface area contributed by atoms with E-state index in [0.717, 1.165) is 32.8 Å². The number of carbonyl (C=O) groups excluding carboxylic acids is 1. The molecule has 4 rings (SSSR count). The summed E-state index contributed by atoms with van der Waals surface area (Å²) in [6, 6.07) is 23.5. The van der Waals surface area contributed by atoms with Crippen molar-refractivity contribution in [2.45, 2.75) is 10.9 Å². The monoisotopic (exact) mass is 349 g/mol. The number of rotatable bonds is 2. The number of ether oxygens (including phenoxy) is 1. The number of fused-ring (bicyclic) bond motifs is 2. The molecule has 1 aliphatic heterocycles. The van der Waals surface area contributed by atoms with Crippen LogP contribution in [0.15, 0.2) is 83.8 Å². The van der Waals surface area contributed by atoms with Gasteiger partial charge >= 0.3 is 5.24 Å². The van der Waals surface area contributed by atoms with Gasteiger partial charge in [0.2, 0.25) is 0 Å². The topological polar surface area (TPSA) is 49.8 Å². The fraction of sp³-hybridized carbons (Fsp3) is 0.0500. The van der Waals surface area contributed by atoms with Gasteiger partial charge < -0.3 is 4.74 Å². The van der Waals surface area contributed by atoms with E-state index in [1.807, 2.05) is 78.9 Å². The van der Waals surface area contributed by atoms with Gasteiger partial charge in [0.15, 0.2) is 0 Å². The third kappa shape index (κ3) is 2.99. The van der Waals surface area contributed by atoms with E-state index in [1.54, 1.807) is 0 Å². The summed E-state index contributed by atoms with van der Waals surface area (Å²) in [5.74, 6) is 1.28. The molecule has 0 bridgehead atoms. The third-order valence-corrected chi connectivity index (χ3v) is 4.90. The average Bonchev–Trinajstić information content (AvgIpc) is 2.66. The summed E-state index contributed by atoms with van der Waals surface area (Å²) in [5, 5.41) is 11.1. The molecule has 1 amide bonds. The van der Waals surface area contributed by atoms with Gasteiger partial charge in [-0.1, -0.05) is 54.6 Å². The normalized spacial score (nSPS) is 12.7. The molecule has 3 aromatic rings. The Kier molecular flexibility index (Phi) is 4.17. The molecule has 1 aliphatic rings. The van der Waals surface area contributed by atoms with E-state index in [9.17, 15) is 10.0 Å². The van der Waals surface area contributed by atoms with Gasteiger partial charge in [0, 0.05) is 16.0 Å². The molecule has 124 valence electrons. The van der Waals surface area contributed by atoms with Crippen molar-refractivity contribution in [1.82, 2.24) is 5.06 Å². The van der Waals surface area contributed by atoms with E-state index in [-0.39, 0.29) is 0 Å². The molecule has 0 saturated heterocycles. The van der Waals surface area contributed by atoms with Gasteiger partial charge in [0.05, 0.1) is 0 Å². The molecule has 0 atom stereocenters. The Morgan fingerprint density at radius 3 is 1.96 bits per heavy atom. The molecule has 0 fully saturated rings. The van der Waals surface area contributed by atoms with Gasteiger partial charge in [-0.3, -0.25) is 10.0 Å². The smallest absolute Gasteiger partial charge is 0.310 e. The van der Waals surface area contributed by atoms with Gasteiger partial charge in [-0.2, -0.15) is 0 Å². The van der Waals surface area contributed by atoms with Crippen molar-refractivity contribution in [3.05, 3.63) is 90.0 Å². The first-order chi connectivity index (χ1) is 12.2. The Hall–Kier alpha value is -2.76. The molecule has 25 heavy (non-hydrogen) atoms. The number of nitrogens with zero attached hydrogens (tertiary/aromatic N) is 1. The molecule has 0 spiro atoms. The highest BCUT2D eigenvalue weighted by Crippen LogP contribution is 2.45. The molecule has 3 aromatic carbocycles. The number of hydroxylamine groups is 2. The second-order valence-corrected chi connectivity index (χ2v) is 6.63. The van der Waals surface area contributed by atoms with E-state index in [1.165, 1.54) is 0 Å². The van der Waals surface area contributed by atoms with Crippen molar-refractivity contribution in [1.29, 1.82) is 0 Å². The highest BCUT2D eigenvalue weighted by atomic mass is 32.2. The van der Waals surface area contributed by atoms with Crippen LogP contribution in [0.2, 0.25) is 0 Å². The second-order valence-electron chi connectivity index (χ2n) is 5.61. The number of carbonyl (C=O) groups is 1. The summed E-state index contributed by atoms with van der Waals surface area (Å²) >= 11 is 0.991. The molecule has 1 heterocycles. The van der Waals surface area contributed by atoms with Crippen LogP contribution in [0.25, 0.3) is 0 Å². The SMILES string of the molecule is O=C(Sc1ccccc1)N(O)C1c2ccccc2Oc2ccccc21. The average molecular weight is 349 g/mol. The Morgan fingerprint density at radius 2 is 1.36 bits per heavy atom. The van der Waals surface area contributed by atoms with Crippen LogP contribution in [-0.4, -0.2) is 15.5 Å². The van der Waals surface area contributed by atoms with E-state index in [4.69, 9.17) is 4.74 Å². The zero-order chi connectivity index (χ0) is 17.2. The zero-order valence-electron chi connectivity index (χ0n) is 13.2. The van der Waals surface area contributed by atoms with Crippen LogP contribution in [0, 0.1) is 0 Å². The lowest BCUT2D eigenvalue weighted by Gasteiger charge is -2.32. The quantitative estimate of drug-likeness (QED) is 0.378. The van der Waals surface area contributed by atoms with Crippen LogP contribution >= 0.6 is 11.8 Å². The summed E-state index contributed by atoms with van der Waals surface area (Å²) in [5.41, 5.74) is 1.51. The zero-order valence-corrected chi connectivity index (χ0v) is 14.0. The largest absolute Gasteiger partial charge is 0.457 e. The molecular weight excluding hydrogens is 334 g/mol. The van der Waals surface area contributed by atoms with E-state index < -0.39 is 11.3 Å². The first kappa shape index (κ1) is 15.7. The highest BCUT2D eigenvalue weighted by molar-refractivity contribution is 8.13. The van der Waals surface area contributed by atoms with Crippen LogP contribution in [0.3, 0.4) is 0 Å². The van der Waals surface area contributed by atoms with E-state index >= 15 is 0 Å². The lowest BCUT2D eigenvalue weighted by atomic mass is 9.94. The molecular formula is C20H15NO3S. The third-order valence-electron chi connectivity index (χ3n) is 4.03. The number of thioether (sulfide) groups is 1. The highest BCUT2D eigenvalue weighted by Gasteiger charge is 2.34. The van der Waals surface area contributed by atoms with Crippen LogP contribution in [0.4, 0.5) is 4.79 Å². The molecule has 1 N–H and O–H groups in total. The van der Waals surface area contributed by atoms with Gasteiger partial charge in [0.25, 0.3) is 0 Å². The molecule has 4 nitrogen and oxygen atoms in total. The van der Waals surface area contributed by atoms with Crippen molar-refractivity contribution in [3.8, 4) is 11.5 Å². The number of amides is 1. The lowest BCUT2D eigenvalue weighted by Crippen LogP contribution is -2.31. The Bertz CT molecular complexity index is 868. The fourth-order valence-corrected chi connectivity index (χ4v) is 3.58. The molecule has 0 unspecified atom stereocenters. The van der Waals surface area contributed by atoms with Crippen molar-refractivity contribution < 1.29 is 14.7 Å². The second kappa shape index (κ2) is 6.63. The molecule has 5 heteroatoms. The molecule has 0 aromatic heterocycles. The van der Waals surface area contributed by atoms with Gasteiger partial charge in [-0.15, -0.1) is 0 Å². The summed E-state index contributed by atoms with van der Waals surface area (Å²) in [4.78, 5) is 13.4. The number of hydrogen-bond acceptors (Lipinski definition) is 4. The Morgan fingerprint density at radius 1 is 0.840 bits per heavy atom. The maximum absolute atomic E-state index is 12.6. The predicted molar refractivity (Wildman–Crippen MR) is 96.1 cm³/mol. The van der Waals surface area contributed by atoms with E-state index in [0.29, 0.717) is 11.5 Å². The van der Waals surface area contributed by atoms with Crippen molar-refractivity contribution in [2.75, 3.05) is 0 Å². The van der Waals surface area contributed by atoms with Gasteiger partial charge in [0.1, 0.15) is 17.5 Å². The lowest BCUT2D eigenvalue weighted by molar-refractivity contribution is -0.0589. The van der Waals surface area contributed by atoms with Crippen molar-refractivity contribution in [3.63, 3.8) is 0 Å². The summed E-state index contributed by atoms with van der Waals surface area (Å²) in [7, 11) is 0. The Balaban J connectivity index is 1.70. The molecule has 0 radical (unpaired) electrons. The predicted octanol–water partition coefficient (Wildman–Crippen LogP) is 5.49. The van der Waals surface area contributed by atoms with Gasteiger partial charge in [-0.25, -0.2) is 5.06 Å². The minimum atomic E-state index is -0.607. The van der Waals surface area contributed by atoms with Crippen molar-refractivity contribution >= 4 is 17.0 Å².